The minimum atomic E-state index is -3.11. The standard InChI is InChI=1S/C12H15BrN2O4S/c1-20(18,19)7-12(3-4-12)6-9(16)15-11-10(17)8(13)2-5-14-11/h2,5,17H,3-4,6-7H2,1H3,(H,14,15,16). The number of halogens is 1. The van der Waals surface area contributed by atoms with Crippen LogP contribution in [0.2, 0.25) is 0 Å². The summed E-state index contributed by atoms with van der Waals surface area (Å²) in [6.45, 7) is 0. The third kappa shape index (κ3) is 3.92. The van der Waals surface area contributed by atoms with E-state index < -0.39 is 15.3 Å². The quantitative estimate of drug-likeness (QED) is 0.830. The molecule has 1 aromatic heterocycles. The number of rotatable bonds is 5. The summed E-state index contributed by atoms with van der Waals surface area (Å²) in [6.07, 6.45) is 4.19. The number of anilines is 1. The maximum atomic E-state index is 11.9. The highest BCUT2D eigenvalue weighted by Crippen LogP contribution is 2.50. The third-order valence-electron chi connectivity index (χ3n) is 3.19. The minimum absolute atomic E-state index is 0.0192. The van der Waals surface area contributed by atoms with E-state index >= 15 is 0 Å². The van der Waals surface area contributed by atoms with Gasteiger partial charge in [-0.2, -0.15) is 0 Å². The molecule has 1 saturated carbocycles. The summed E-state index contributed by atoms with van der Waals surface area (Å²) in [7, 11) is -3.11. The predicted molar refractivity (Wildman–Crippen MR) is 78.2 cm³/mol. The molecule has 0 atom stereocenters. The largest absolute Gasteiger partial charge is 0.503 e. The first-order chi connectivity index (χ1) is 9.21. The van der Waals surface area contributed by atoms with Gasteiger partial charge in [0.2, 0.25) is 5.91 Å². The number of hydrogen-bond donors (Lipinski definition) is 2. The van der Waals surface area contributed by atoms with Crippen molar-refractivity contribution in [2.45, 2.75) is 19.3 Å². The lowest BCUT2D eigenvalue weighted by molar-refractivity contribution is -0.117. The van der Waals surface area contributed by atoms with Gasteiger partial charge in [-0.3, -0.25) is 4.79 Å². The second kappa shape index (κ2) is 5.33. The Morgan fingerprint density at radius 2 is 2.20 bits per heavy atom. The normalized spacial score (nSPS) is 16.7. The van der Waals surface area contributed by atoms with Crippen LogP contribution in [-0.4, -0.2) is 36.4 Å². The van der Waals surface area contributed by atoms with E-state index in [0.717, 1.165) is 12.8 Å². The monoisotopic (exact) mass is 362 g/mol. The molecule has 2 N–H and O–H groups in total. The highest BCUT2D eigenvalue weighted by molar-refractivity contribution is 9.10. The second-order valence-corrected chi connectivity index (χ2v) is 8.28. The zero-order valence-corrected chi connectivity index (χ0v) is 13.3. The molecule has 0 radical (unpaired) electrons. The van der Waals surface area contributed by atoms with Crippen molar-refractivity contribution in [1.29, 1.82) is 0 Å². The van der Waals surface area contributed by atoms with Crippen LogP contribution in [0.1, 0.15) is 19.3 Å². The molecule has 2 rings (SSSR count). The Hall–Kier alpha value is -1.15. The molecule has 0 spiro atoms. The first-order valence-corrected chi connectivity index (χ1v) is 8.87. The molecule has 0 aromatic carbocycles. The zero-order valence-electron chi connectivity index (χ0n) is 10.9. The molecule has 110 valence electrons. The van der Waals surface area contributed by atoms with Crippen LogP contribution in [0.3, 0.4) is 0 Å². The van der Waals surface area contributed by atoms with Crippen molar-refractivity contribution in [2.75, 3.05) is 17.3 Å². The van der Waals surface area contributed by atoms with Crippen LogP contribution >= 0.6 is 15.9 Å². The molecule has 20 heavy (non-hydrogen) atoms. The number of carbonyl (C=O) groups is 1. The Morgan fingerprint density at radius 3 is 2.75 bits per heavy atom. The Morgan fingerprint density at radius 1 is 1.55 bits per heavy atom. The molecule has 1 amide bonds. The van der Waals surface area contributed by atoms with Gasteiger partial charge in [0.15, 0.2) is 11.6 Å². The van der Waals surface area contributed by atoms with E-state index in [1.165, 1.54) is 12.5 Å². The number of aromatic hydroxyl groups is 1. The second-order valence-electron chi connectivity index (χ2n) is 5.29. The highest BCUT2D eigenvalue weighted by atomic mass is 79.9. The number of nitrogens with zero attached hydrogens (tertiary/aromatic N) is 1. The van der Waals surface area contributed by atoms with Crippen molar-refractivity contribution < 1.29 is 18.3 Å². The Bertz CT molecular complexity index is 641. The fraction of sp³-hybridized carbons (Fsp3) is 0.500. The fourth-order valence-electron chi connectivity index (χ4n) is 2.14. The van der Waals surface area contributed by atoms with Gasteiger partial charge in [0, 0.05) is 18.9 Å². The number of carbonyl (C=O) groups excluding carboxylic acids is 1. The van der Waals surface area contributed by atoms with Gasteiger partial charge in [-0.05, 0) is 40.3 Å². The van der Waals surface area contributed by atoms with Gasteiger partial charge in [0.1, 0.15) is 9.84 Å². The van der Waals surface area contributed by atoms with Gasteiger partial charge in [-0.15, -0.1) is 0 Å². The SMILES string of the molecule is CS(=O)(=O)CC1(CC(=O)Nc2nccc(Br)c2O)CC1. The van der Waals surface area contributed by atoms with Crippen LogP contribution in [0.4, 0.5) is 5.82 Å². The van der Waals surface area contributed by atoms with Crippen molar-refractivity contribution in [3.8, 4) is 5.75 Å². The van der Waals surface area contributed by atoms with E-state index in [2.05, 4.69) is 26.2 Å². The summed E-state index contributed by atoms with van der Waals surface area (Å²) in [5.74, 6) is -0.397. The molecule has 0 aliphatic heterocycles. The van der Waals surface area contributed by atoms with Crippen molar-refractivity contribution in [2.24, 2.45) is 5.41 Å². The van der Waals surface area contributed by atoms with Gasteiger partial charge >= 0.3 is 0 Å². The fourth-order valence-corrected chi connectivity index (χ4v) is 3.95. The van der Waals surface area contributed by atoms with E-state index in [1.807, 2.05) is 0 Å². The first kappa shape index (κ1) is 15.2. The van der Waals surface area contributed by atoms with Crippen molar-refractivity contribution >= 4 is 37.5 Å². The van der Waals surface area contributed by atoms with Gasteiger partial charge in [-0.25, -0.2) is 13.4 Å². The number of amides is 1. The third-order valence-corrected chi connectivity index (χ3v) is 4.97. The molecule has 1 aromatic rings. The molecule has 8 heteroatoms. The molecular formula is C12H15BrN2O4S. The molecule has 1 aliphatic rings. The van der Waals surface area contributed by atoms with Crippen LogP contribution in [0.5, 0.6) is 5.75 Å². The van der Waals surface area contributed by atoms with Crippen molar-refractivity contribution in [1.82, 2.24) is 4.98 Å². The number of hydrogen-bond acceptors (Lipinski definition) is 5. The van der Waals surface area contributed by atoms with E-state index in [9.17, 15) is 18.3 Å². The maximum Gasteiger partial charge on any atom is 0.226 e. The zero-order chi connectivity index (χ0) is 15.0. The van der Waals surface area contributed by atoms with E-state index in [4.69, 9.17) is 0 Å². The summed E-state index contributed by atoms with van der Waals surface area (Å²) in [5, 5.41) is 12.2. The summed E-state index contributed by atoms with van der Waals surface area (Å²) in [5.41, 5.74) is -0.445. The van der Waals surface area contributed by atoms with Crippen molar-refractivity contribution in [3.05, 3.63) is 16.7 Å². The first-order valence-electron chi connectivity index (χ1n) is 6.02. The number of nitrogens with one attached hydrogen (secondary N) is 1. The van der Waals surface area contributed by atoms with Gasteiger partial charge in [-0.1, -0.05) is 0 Å². The smallest absolute Gasteiger partial charge is 0.226 e. The van der Waals surface area contributed by atoms with Crippen LogP contribution in [-0.2, 0) is 14.6 Å². The molecule has 1 fully saturated rings. The van der Waals surface area contributed by atoms with E-state index in [1.54, 1.807) is 6.07 Å². The Kier molecular flexibility index (Phi) is 4.06. The number of aromatic nitrogens is 1. The predicted octanol–water partition coefficient (Wildman–Crippen LogP) is 1.70. The highest BCUT2D eigenvalue weighted by Gasteiger charge is 2.46. The van der Waals surface area contributed by atoms with E-state index in [-0.39, 0.29) is 29.6 Å². The average Bonchev–Trinajstić information content (AvgIpc) is 3.01. The lowest BCUT2D eigenvalue weighted by Gasteiger charge is -2.13. The van der Waals surface area contributed by atoms with Crippen LogP contribution < -0.4 is 5.32 Å². The summed E-state index contributed by atoms with van der Waals surface area (Å²) < 4.78 is 23.1. The summed E-state index contributed by atoms with van der Waals surface area (Å²) in [4.78, 5) is 15.8. The van der Waals surface area contributed by atoms with Crippen LogP contribution in [0.25, 0.3) is 0 Å². The topological polar surface area (TPSA) is 96.4 Å². The molecule has 0 saturated heterocycles. The summed E-state index contributed by atoms with van der Waals surface area (Å²) in [6, 6.07) is 1.55. The Balaban J connectivity index is 2.02. The van der Waals surface area contributed by atoms with E-state index in [0.29, 0.717) is 4.47 Å². The molecule has 0 unspecified atom stereocenters. The van der Waals surface area contributed by atoms with Gasteiger partial charge < -0.3 is 10.4 Å². The Labute approximate surface area is 125 Å². The summed E-state index contributed by atoms with van der Waals surface area (Å²) >= 11 is 3.13. The van der Waals surface area contributed by atoms with Crippen LogP contribution in [0, 0.1) is 5.41 Å². The molecule has 1 heterocycles. The molecular weight excluding hydrogens is 348 g/mol. The minimum Gasteiger partial charge on any atom is -0.503 e. The number of sulfone groups is 1. The molecule has 1 aliphatic carbocycles. The van der Waals surface area contributed by atoms with Gasteiger partial charge in [0.25, 0.3) is 0 Å². The van der Waals surface area contributed by atoms with Crippen molar-refractivity contribution in [3.63, 3.8) is 0 Å². The number of pyridine rings is 1. The maximum absolute atomic E-state index is 11.9. The molecule has 6 nitrogen and oxygen atoms in total. The lowest BCUT2D eigenvalue weighted by Crippen LogP contribution is -2.23. The average molecular weight is 363 g/mol. The molecule has 0 bridgehead atoms. The van der Waals surface area contributed by atoms with Crippen LogP contribution in [0.15, 0.2) is 16.7 Å². The lowest BCUT2D eigenvalue weighted by atomic mass is 10.1. The van der Waals surface area contributed by atoms with Gasteiger partial charge in [0.05, 0.1) is 10.2 Å².